The Labute approximate surface area is 187 Å². The van der Waals surface area contributed by atoms with Gasteiger partial charge in [-0.15, -0.1) is 0 Å². The summed E-state index contributed by atoms with van der Waals surface area (Å²) in [6, 6.07) is 20.2. The molecule has 31 heavy (non-hydrogen) atoms. The summed E-state index contributed by atoms with van der Waals surface area (Å²) in [6.07, 6.45) is 2.35. The van der Waals surface area contributed by atoms with Crippen LogP contribution in [0.4, 0.5) is 5.69 Å². The van der Waals surface area contributed by atoms with E-state index < -0.39 is 0 Å². The van der Waals surface area contributed by atoms with Crippen molar-refractivity contribution in [1.82, 2.24) is 5.32 Å². The maximum atomic E-state index is 3.73. The lowest BCUT2D eigenvalue weighted by Crippen LogP contribution is -2.33. The fraction of sp³-hybridized carbons (Fsp3) is 0.310. The number of rotatable bonds is 2. The number of nitrogens with zero attached hydrogens (tertiary/aromatic N) is 1. The van der Waals surface area contributed by atoms with Crippen molar-refractivity contribution in [3.8, 4) is 11.1 Å². The monoisotopic (exact) mass is 410 g/mol. The second kappa shape index (κ2) is 8.26. The normalized spacial score (nSPS) is 15.9. The van der Waals surface area contributed by atoms with Crippen molar-refractivity contribution in [1.29, 1.82) is 0 Å². The standard InChI is InChI=1S/C27H28N2.C2H6/c1-16(2)20-10-7-11-21-22-14-17(3)12-13-23(22)29-24(15-28-27(29)26(20)21)25-18(4)8-6-9-19(25)5;1-2/h6-16,27-28H,1-5H3;1-2H3. The van der Waals surface area contributed by atoms with Gasteiger partial charge in [-0.2, -0.15) is 0 Å². The molecule has 0 aliphatic carbocycles. The van der Waals surface area contributed by atoms with Crippen molar-refractivity contribution in [3.63, 3.8) is 0 Å². The van der Waals surface area contributed by atoms with Crippen LogP contribution in [0, 0.1) is 20.8 Å². The van der Waals surface area contributed by atoms with Gasteiger partial charge in [0.2, 0.25) is 0 Å². The quantitative estimate of drug-likeness (QED) is 0.463. The molecule has 2 heterocycles. The fourth-order valence-corrected chi connectivity index (χ4v) is 5.04. The molecule has 2 aliphatic heterocycles. The van der Waals surface area contributed by atoms with E-state index in [9.17, 15) is 0 Å². The molecule has 0 amide bonds. The summed E-state index contributed by atoms with van der Waals surface area (Å²) in [5.74, 6) is 0.476. The molecular formula is C29H34N2. The summed E-state index contributed by atoms with van der Waals surface area (Å²) >= 11 is 0. The van der Waals surface area contributed by atoms with Crippen LogP contribution < -0.4 is 10.2 Å². The van der Waals surface area contributed by atoms with E-state index in [1.807, 2.05) is 13.8 Å². The Balaban J connectivity index is 0.00000112. The predicted octanol–water partition coefficient (Wildman–Crippen LogP) is 7.85. The third-order valence-electron chi connectivity index (χ3n) is 6.37. The lowest BCUT2D eigenvalue weighted by molar-refractivity contribution is 0.649. The fourth-order valence-electron chi connectivity index (χ4n) is 5.04. The van der Waals surface area contributed by atoms with Gasteiger partial charge in [0, 0.05) is 22.9 Å². The van der Waals surface area contributed by atoms with Crippen LogP contribution in [-0.4, -0.2) is 0 Å². The second-order valence-electron chi connectivity index (χ2n) is 8.72. The van der Waals surface area contributed by atoms with Crippen molar-refractivity contribution in [2.24, 2.45) is 0 Å². The van der Waals surface area contributed by atoms with Crippen LogP contribution in [0.15, 0.2) is 60.8 Å². The predicted molar refractivity (Wildman–Crippen MR) is 134 cm³/mol. The van der Waals surface area contributed by atoms with Gasteiger partial charge in [-0.05, 0) is 61.1 Å². The minimum atomic E-state index is 0.132. The third kappa shape index (κ3) is 3.35. The van der Waals surface area contributed by atoms with Crippen LogP contribution in [0.1, 0.15) is 73.2 Å². The van der Waals surface area contributed by atoms with E-state index in [1.54, 1.807) is 0 Å². The highest BCUT2D eigenvalue weighted by atomic mass is 15.3. The van der Waals surface area contributed by atoms with Gasteiger partial charge in [-0.3, -0.25) is 0 Å². The molecule has 2 aliphatic rings. The second-order valence-corrected chi connectivity index (χ2v) is 8.72. The molecule has 0 aromatic heterocycles. The zero-order valence-corrected chi connectivity index (χ0v) is 19.9. The first kappa shape index (κ1) is 21.2. The maximum Gasteiger partial charge on any atom is 0.131 e. The van der Waals surface area contributed by atoms with E-state index >= 15 is 0 Å². The van der Waals surface area contributed by atoms with Crippen LogP contribution in [0.3, 0.4) is 0 Å². The van der Waals surface area contributed by atoms with Gasteiger partial charge < -0.3 is 10.2 Å². The Morgan fingerprint density at radius 1 is 0.839 bits per heavy atom. The van der Waals surface area contributed by atoms with Crippen LogP contribution in [0.25, 0.3) is 16.8 Å². The first-order chi connectivity index (χ1) is 15.0. The number of benzene rings is 3. The summed E-state index contributed by atoms with van der Waals surface area (Å²) in [6.45, 7) is 15.2. The lowest BCUT2D eigenvalue weighted by atomic mass is 9.84. The molecular weight excluding hydrogens is 376 g/mol. The van der Waals surface area contributed by atoms with Gasteiger partial charge >= 0.3 is 0 Å². The number of hydrogen-bond donors (Lipinski definition) is 1. The maximum absolute atomic E-state index is 3.73. The van der Waals surface area contributed by atoms with Crippen molar-refractivity contribution < 1.29 is 0 Å². The minimum absolute atomic E-state index is 0.132. The van der Waals surface area contributed by atoms with E-state index in [4.69, 9.17) is 0 Å². The topological polar surface area (TPSA) is 15.3 Å². The van der Waals surface area contributed by atoms with Crippen molar-refractivity contribution in [3.05, 3.63) is 94.2 Å². The van der Waals surface area contributed by atoms with E-state index in [1.165, 1.54) is 55.9 Å². The van der Waals surface area contributed by atoms with Gasteiger partial charge in [0.05, 0.1) is 11.4 Å². The van der Waals surface area contributed by atoms with E-state index in [-0.39, 0.29) is 6.17 Å². The Morgan fingerprint density at radius 2 is 1.52 bits per heavy atom. The molecule has 0 radical (unpaired) electrons. The van der Waals surface area contributed by atoms with Gasteiger partial charge in [0.15, 0.2) is 0 Å². The first-order valence-corrected chi connectivity index (χ1v) is 11.5. The minimum Gasteiger partial charge on any atom is -0.365 e. The van der Waals surface area contributed by atoms with Crippen molar-refractivity contribution in [2.75, 3.05) is 4.90 Å². The van der Waals surface area contributed by atoms with Crippen molar-refractivity contribution >= 4 is 11.4 Å². The van der Waals surface area contributed by atoms with Crippen molar-refractivity contribution in [2.45, 2.75) is 60.5 Å². The number of hydrogen-bond acceptors (Lipinski definition) is 2. The number of nitrogens with one attached hydrogen (secondary N) is 1. The number of aryl methyl sites for hydroxylation is 3. The summed E-state index contributed by atoms with van der Waals surface area (Å²) in [5, 5.41) is 3.73. The summed E-state index contributed by atoms with van der Waals surface area (Å²) in [5.41, 5.74) is 13.3. The molecule has 0 fully saturated rings. The molecule has 3 aromatic carbocycles. The molecule has 1 N–H and O–H groups in total. The molecule has 0 spiro atoms. The highest BCUT2D eigenvalue weighted by Crippen LogP contribution is 2.51. The molecule has 3 aromatic rings. The molecule has 2 heteroatoms. The molecule has 0 saturated heterocycles. The van der Waals surface area contributed by atoms with Crippen LogP contribution >= 0.6 is 0 Å². The Bertz CT molecular complexity index is 1130. The van der Waals surface area contributed by atoms with Crippen LogP contribution in [0.2, 0.25) is 0 Å². The average molecular weight is 411 g/mol. The van der Waals surface area contributed by atoms with E-state index in [0.717, 1.165) is 0 Å². The Kier molecular flexibility index (Phi) is 5.66. The van der Waals surface area contributed by atoms with E-state index in [2.05, 4.69) is 106 Å². The van der Waals surface area contributed by atoms with Gasteiger partial charge in [0.1, 0.15) is 6.17 Å². The molecule has 160 valence electrons. The summed E-state index contributed by atoms with van der Waals surface area (Å²) in [7, 11) is 0. The van der Waals surface area contributed by atoms with Gasteiger partial charge in [0.25, 0.3) is 0 Å². The summed E-state index contributed by atoms with van der Waals surface area (Å²) < 4.78 is 0. The first-order valence-electron chi connectivity index (χ1n) is 11.5. The van der Waals surface area contributed by atoms with Gasteiger partial charge in [-0.25, -0.2) is 0 Å². The van der Waals surface area contributed by atoms with Gasteiger partial charge in [-0.1, -0.05) is 75.7 Å². The average Bonchev–Trinajstić information content (AvgIpc) is 3.19. The Hall–Kier alpha value is -3.00. The molecule has 0 bridgehead atoms. The third-order valence-corrected chi connectivity index (χ3v) is 6.37. The van der Waals surface area contributed by atoms with Crippen LogP contribution in [0.5, 0.6) is 0 Å². The molecule has 5 rings (SSSR count). The molecule has 1 unspecified atom stereocenters. The number of anilines is 1. The van der Waals surface area contributed by atoms with E-state index in [0.29, 0.717) is 5.92 Å². The lowest BCUT2D eigenvalue weighted by Gasteiger charge is -2.39. The smallest absolute Gasteiger partial charge is 0.131 e. The zero-order chi connectivity index (χ0) is 22.3. The Morgan fingerprint density at radius 3 is 2.19 bits per heavy atom. The molecule has 1 atom stereocenters. The highest BCUT2D eigenvalue weighted by Gasteiger charge is 2.38. The zero-order valence-electron chi connectivity index (χ0n) is 19.9. The SMILES string of the molecule is CC.Cc1ccc2c(c1)-c1cccc(C(C)C)c1C1NC=C(c3c(C)cccc3C)N21. The number of fused-ring (bicyclic) bond motifs is 6. The summed E-state index contributed by atoms with van der Waals surface area (Å²) in [4.78, 5) is 2.51. The van der Waals surface area contributed by atoms with Crippen LogP contribution in [-0.2, 0) is 0 Å². The molecule has 0 saturated carbocycles. The largest absolute Gasteiger partial charge is 0.365 e. The highest BCUT2D eigenvalue weighted by molar-refractivity contribution is 5.95. The molecule has 2 nitrogen and oxygen atoms in total.